The van der Waals surface area contributed by atoms with Crippen LogP contribution in [0.3, 0.4) is 0 Å². The number of nitrogens with one attached hydrogen (secondary N) is 1. The van der Waals surface area contributed by atoms with Crippen molar-refractivity contribution in [3.8, 4) is 21.9 Å². The third kappa shape index (κ3) is 3.04. The predicted molar refractivity (Wildman–Crippen MR) is 84.1 cm³/mol. The largest absolute Gasteiger partial charge is 0.493 e. The molecule has 0 unspecified atom stereocenters. The number of thiazole rings is 1. The van der Waals surface area contributed by atoms with E-state index in [0.29, 0.717) is 0 Å². The quantitative estimate of drug-likeness (QED) is 0.906. The molecule has 2 aromatic rings. The fraction of sp³-hybridized carbons (Fsp3) is 0.400. The van der Waals surface area contributed by atoms with Gasteiger partial charge in [0.15, 0.2) is 16.6 Å². The minimum absolute atomic E-state index is 0.106. The van der Waals surface area contributed by atoms with Crippen molar-refractivity contribution in [3.63, 3.8) is 0 Å². The Morgan fingerprint density at radius 3 is 2.55 bits per heavy atom. The molecule has 1 aromatic heterocycles. The zero-order chi connectivity index (χ0) is 14.7. The third-order valence-electron chi connectivity index (χ3n) is 2.80. The standard InChI is InChI=1S/C15H20N2O2S/c1-9(2)19-13-8-11(6-7-12(13)18-5)14-10(3)17-15(16-4)20-14/h6-9H,1-5H3,(H,16,17). The first-order valence-electron chi connectivity index (χ1n) is 6.55. The molecule has 0 amide bonds. The number of ether oxygens (including phenoxy) is 2. The first kappa shape index (κ1) is 14.7. The SMILES string of the molecule is CNc1nc(C)c(-c2ccc(OC)c(OC(C)C)c2)s1. The predicted octanol–water partition coefficient (Wildman–Crippen LogP) is 3.96. The van der Waals surface area contributed by atoms with Crippen molar-refractivity contribution in [2.45, 2.75) is 26.9 Å². The second-order valence-corrected chi connectivity index (χ2v) is 5.71. The number of aromatic nitrogens is 1. The van der Waals surface area contributed by atoms with Crippen LogP contribution >= 0.6 is 11.3 Å². The Bertz CT molecular complexity index is 594. The molecule has 0 saturated heterocycles. The van der Waals surface area contributed by atoms with Crippen LogP contribution in [0.25, 0.3) is 10.4 Å². The summed E-state index contributed by atoms with van der Waals surface area (Å²) < 4.78 is 11.2. The lowest BCUT2D eigenvalue weighted by Crippen LogP contribution is -2.06. The van der Waals surface area contributed by atoms with Crippen molar-refractivity contribution in [1.29, 1.82) is 0 Å². The molecular formula is C15H20N2O2S. The highest BCUT2D eigenvalue weighted by molar-refractivity contribution is 7.19. The third-order valence-corrected chi connectivity index (χ3v) is 4.02. The van der Waals surface area contributed by atoms with Crippen molar-refractivity contribution < 1.29 is 9.47 Å². The van der Waals surface area contributed by atoms with Gasteiger partial charge in [-0.25, -0.2) is 4.98 Å². The lowest BCUT2D eigenvalue weighted by molar-refractivity contribution is 0.230. The zero-order valence-corrected chi connectivity index (χ0v) is 13.3. The molecule has 20 heavy (non-hydrogen) atoms. The van der Waals surface area contributed by atoms with Gasteiger partial charge in [-0.15, -0.1) is 0 Å². The van der Waals surface area contributed by atoms with E-state index in [1.54, 1.807) is 18.4 Å². The number of hydrogen-bond acceptors (Lipinski definition) is 5. The van der Waals surface area contributed by atoms with Crippen LogP contribution in [-0.2, 0) is 0 Å². The number of hydrogen-bond donors (Lipinski definition) is 1. The van der Waals surface area contributed by atoms with Crippen LogP contribution in [0.15, 0.2) is 18.2 Å². The van der Waals surface area contributed by atoms with Crippen molar-refractivity contribution in [2.75, 3.05) is 19.5 Å². The number of nitrogens with zero attached hydrogens (tertiary/aromatic N) is 1. The van der Waals surface area contributed by atoms with Gasteiger partial charge in [0.05, 0.1) is 23.8 Å². The number of rotatable bonds is 5. The Labute approximate surface area is 123 Å². The first-order valence-corrected chi connectivity index (χ1v) is 7.37. The van der Waals surface area contributed by atoms with Gasteiger partial charge in [-0.1, -0.05) is 11.3 Å². The molecule has 0 radical (unpaired) electrons. The number of aryl methyl sites for hydroxylation is 1. The van der Waals surface area contributed by atoms with Crippen LogP contribution in [0, 0.1) is 6.92 Å². The van der Waals surface area contributed by atoms with Crippen LogP contribution in [-0.4, -0.2) is 25.2 Å². The van der Waals surface area contributed by atoms with Crippen molar-refractivity contribution in [1.82, 2.24) is 4.98 Å². The maximum atomic E-state index is 5.81. The van der Waals surface area contributed by atoms with Gasteiger partial charge in [-0.3, -0.25) is 0 Å². The highest BCUT2D eigenvalue weighted by Gasteiger charge is 2.13. The van der Waals surface area contributed by atoms with Gasteiger partial charge in [0.25, 0.3) is 0 Å². The van der Waals surface area contributed by atoms with Crippen LogP contribution in [0.5, 0.6) is 11.5 Å². The van der Waals surface area contributed by atoms with E-state index in [9.17, 15) is 0 Å². The number of benzene rings is 1. The number of methoxy groups -OCH3 is 1. The van der Waals surface area contributed by atoms with Crippen LogP contribution < -0.4 is 14.8 Å². The Morgan fingerprint density at radius 2 is 2.00 bits per heavy atom. The fourth-order valence-corrected chi connectivity index (χ4v) is 2.85. The van der Waals surface area contributed by atoms with E-state index >= 15 is 0 Å². The maximum Gasteiger partial charge on any atom is 0.183 e. The molecular weight excluding hydrogens is 272 g/mol. The molecule has 2 rings (SSSR count). The van der Waals surface area contributed by atoms with Gasteiger partial charge in [-0.2, -0.15) is 0 Å². The summed E-state index contributed by atoms with van der Waals surface area (Å²) in [7, 11) is 3.53. The van der Waals surface area contributed by atoms with Crippen molar-refractivity contribution in [3.05, 3.63) is 23.9 Å². The van der Waals surface area contributed by atoms with Gasteiger partial charge in [0.2, 0.25) is 0 Å². The summed E-state index contributed by atoms with van der Waals surface area (Å²) in [5, 5.41) is 4.00. The summed E-state index contributed by atoms with van der Waals surface area (Å²) >= 11 is 1.64. The Balaban J connectivity index is 2.43. The maximum absolute atomic E-state index is 5.81. The molecule has 0 atom stereocenters. The zero-order valence-electron chi connectivity index (χ0n) is 12.5. The van der Waals surface area contributed by atoms with Crippen molar-refractivity contribution in [2.24, 2.45) is 0 Å². The molecule has 1 N–H and O–H groups in total. The van der Waals surface area contributed by atoms with E-state index in [2.05, 4.69) is 10.3 Å². The fourth-order valence-electron chi connectivity index (χ4n) is 1.94. The van der Waals surface area contributed by atoms with Crippen molar-refractivity contribution >= 4 is 16.5 Å². The average molecular weight is 292 g/mol. The second kappa shape index (κ2) is 6.13. The highest BCUT2D eigenvalue weighted by Crippen LogP contribution is 2.38. The lowest BCUT2D eigenvalue weighted by Gasteiger charge is -2.14. The minimum Gasteiger partial charge on any atom is -0.493 e. The van der Waals surface area contributed by atoms with Crippen LogP contribution in [0.1, 0.15) is 19.5 Å². The molecule has 5 heteroatoms. The van der Waals surface area contributed by atoms with E-state index < -0.39 is 0 Å². The molecule has 0 bridgehead atoms. The van der Waals surface area contributed by atoms with Gasteiger partial charge in [-0.05, 0) is 44.5 Å². The first-order chi connectivity index (χ1) is 9.55. The highest BCUT2D eigenvalue weighted by atomic mass is 32.1. The number of anilines is 1. The molecule has 108 valence electrons. The summed E-state index contributed by atoms with van der Waals surface area (Å²) in [6.07, 6.45) is 0.106. The van der Waals surface area contributed by atoms with E-state index in [-0.39, 0.29) is 6.10 Å². The average Bonchev–Trinajstić information content (AvgIpc) is 2.79. The molecule has 1 aromatic carbocycles. The summed E-state index contributed by atoms with van der Waals surface area (Å²) in [4.78, 5) is 5.62. The molecule has 0 saturated carbocycles. The Hall–Kier alpha value is -1.75. The van der Waals surface area contributed by atoms with E-state index in [0.717, 1.165) is 32.8 Å². The van der Waals surface area contributed by atoms with E-state index in [1.807, 2.05) is 46.0 Å². The second-order valence-electron chi connectivity index (χ2n) is 4.72. The normalized spacial score (nSPS) is 10.7. The summed E-state index contributed by atoms with van der Waals surface area (Å²) in [5.74, 6) is 1.51. The van der Waals surface area contributed by atoms with Gasteiger partial charge >= 0.3 is 0 Å². The Morgan fingerprint density at radius 1 is 1.25 bits per heavy atom. The topological polar surface area (TPSA) is 43.4 Å². The summed E-state index contributed by atoms with van der Waals surface area (Å²) in [6.45, 7) is 6.02. The van der Waals surface area contributed by atoms with E-state index in [1.165, 1.54) is 0 Å². The molecule has 1 heterocycles. The van der Waals surface area contributed by atoms with E-state index in [4.69, 9.17) is 9.47 Å². The minimum atomic E-state index is 0.106. The smallest absolute Gasteiger partial charge is 0.183 e. The van der Waals surface area contributed by atoms with Crippen LogP contribution in [0.2, 0.25) is 0 Å². The summed E-state index contributed by atoms with van der Waals surface area (Å²) in [6, 6.07) is 5.98. The molecule has 0 fully saturated rings. The Kier molecular flexibility index (Phi) is 4.49. The van der Waals surface area contributed by atoms with Gasteiger partial charge in [0, 0.05) is 7.05 Å². The molecule has 0 aliphatic rings. The van der Waals surface area contributed by atoms with Crippen LogP contribution in [0.4, 0.5) is 5.13 Å². The molecule has 0 aliphatic carbocycles. The lowest BCUT2D eigenvalue weighted by atomic mass is 10.1. The monoisotopic (exact) mass is 292 g/mol. The van der Waals surface area contributed by atoms with Gasteiger partial charge in [0.1, 0.15) is 0 Å². The summed E-state index contributed by atoms with van der Waals surface area (Å²) in [5.41, 5.74) is 2.11. The van der Waals surface area contributed by atoms with Gasteiger partial charge < -0.3 is 14.8 Å². The molecule has 0 aliphatic heterocycles. The molecule has 4 nitrogen and oxygen atoms in total. The molecule has 0 spiro atoms.